The molecule has 0 unspecified atom stereocenters. The minimum atomic E-state index is -4.69. The van der Waals surface area contributed by atoms with Crippen LogP contribution in [0.5, 0.6) is 11.5 Å². The van der Waals surface area contributed by atoms with Gasteiger partial charge in [-0.1, -0.05) is 24.3 Å². The summed E-state index contributed by atoms with van der Waals surface area (Å²) >= 11 is 0. The lowest BCUT2D eigenvalue weighted by atomic mass is 9.96. The van der Waals surface area contributed by atoms with Gasteiger partial charge in [-0.15, -0.1) is 13.2 Å². The maximum Gasteiger partial charge on any atom is 0.573 e. The van der Waals surface area contributed by atoms with Gasteiger partial charge in [-0.25, -0.2) is 0 Å². The van der Waals surface area contributed by atoms with Crippen LogP contribution in [0.4, 0.5) is 13.2 Å². The standard InChI is InChI=1S/C22H27F3N2O2/c1-21(2,3)28-18-8-4-16(5-9-18)20(27-14-12-26-13-15-27)17-6-10-19(11-7-17)29-22(23,24)25/h4-11,20,26H,12-15H2,1-3H3/t20-/m0/s1. The van der Waals surface area contributed by atoms with E-state index in [0.29, 0.717) is 0 Å². The molecular formula is C22H27F3N2O2. The van der Waals surface area contributed by atoms with Gasteiger partial charge in [-0.2, -0.15) is 0 Å². The maximum atomic E-state index is 12.5. The molecule has 1 saturated heterocycles. The number of alkyl halides is 3. The van der Waals surface area contributed by atoms with Crippen molar-refractivity contribution in [3.8, 4) is 11.5 Å². The molecule has 0 spiro atoms. The minimum absolute atomic E-state index is 0.0549. The molecule has 1 heterocycles. The number of halogens is 3. The predicted octanol–water partition coefficient (Wildman–Crippen LogP) is 4.76. The second-order valence-electron chi connectivity index (χ2n) is 8.09. The zero-order valence-corrected chi connectivity index (χ0v) is 16.9. The van der Waals surface area contributed by atoms with E-state index in [9.17, 15) is 13.2 Å². The lowest BCUT2D eigenvalue weighted by molar-refractivity contribution is -0.274. The van der Waals surface area contributed by atoms with Crippen LogP contribution in [0.15, 0.2) is 48.5 Å². The van der Waals surface area contributed by atoms with Gasteiger partial charge in [-0.05, 0) is 56.2 Å². The summed E-state index contributed by atoms with van der Waals surface area (Å²) in [5, 5.41) is 3.34. The molecule has 1 aliphatic heterocycles. The number of nitrogens with zero attached hydrogens (tertiary/aromatic N) is 1. The first-order valence-corrected chi connectivity index (χ1v) is 9.70. The number of benzene rings is 2. The van der Waals surface area contributed by atoms with Crippen LogP contribution in [0.1, 0.15) is 37.9 Å². The molecule has 7 heteroatoms. The number of piperazine rings is 1. The molecule has 0 aromatic heterocycles. The Bertz CT molecular complexity index is 718. The normalized spacial score (nSPS) is 17.0. The van der Waals surface area contributed by atoms with Crippen molar-refractivity contribution in [3.63, 3.8) is 0 Å². The second-order valence-corrected chi connectivity index (χ2v) is 8.09. The molecule has 1 atom stereocenters. The SMILES string of the molecule is CC(C)(C)Oc1ccc([C@@H](c2ccc(OC(F)(F)F)cc2)N2CCNCC2)cc1. The predicted molar refractivity (Wildman–Crippen MR) is 106 cm³/mol. The molecule has 158 valence electrons. The topological polar surface area (TPSA) is 33.7 Å². The Labute approximate surface area is 169 Å². The number of ether oxygens (including phenoxy) is 2. The monoisotopic (exact) mass is 408 g/mol. The Morgan fingerprint density at radius 1 is 0.793 bits per heavy atom. The number of hydrogen-bond donors (Lipinski definition) is 1. The highest BCUT2D eigenvalue weighted by atomic mass is 19.4. The molecule has 0 saturated carbocycles. The van der Waals surface area contributed by atoms with Crippen LogP contribution < -0.4 is 14.8 Å². The molecule has 1 fully saturated rings. The molecular weight excluding hydrogens is 381 g/mol. The fraction of sp³-hybridized carbons (Fsp3) is 0.455. The third-order valence-corrected chi connectivity index (χ3v) is 4.57. The summed E-state index contributed by atoms with van der Waals surface area (Å²) in [5.74, 6) is 0.573. The first kappa shape index (κ1) is 21.5. The van der Waals surface area contributed by atoms with Gasteiger partial charge in [0.1, 0.15) is 17.1 Å². The van der Waals surface area contributed by atoms with Crippen molar-refractivity contribution >= 4 is 0 Å². The van der Waals surface area contributed by atoms with Crippen LogP contribution in [0.3, 0.4) is 0 Å². The van der Waals surface area contributed by atoms with Crippen LogP contribution in [-0.4, -0.2) is 43.0 Å². The van der Waals surface area contributed by atoms with E-state index < -0.39 is 6.36 Å². The van der Waals surface area contributed by atoms with Crippen molar-refractivity contribution in [1.82, 2.24) is 10.2 Å². The molecule has 1 N–H and O–H groups in total. The largest absolute Gasteiger partial charge is 0.573 e. The summed E-state index contributed by atoms with van der Waals surface area (Å²) in [6.07, 6.45) is -4.69. The highest BCUT2D eigenvalue weighted by molar-refractivity contribution is 5.38. The smallest absolute Gasteiger partial charge is 0.488 e. The van der Waals surface area contributed by atoms with Gasteiger partial charge in [-0.3, -0.25) is 4.90 Å². The number of nitrogens with one attached hydrogen (secondary N) is 1. The van der Waals surface area contributed by atoms with Crippen molar-refractivity contribution < 1.29 is 22.6 Å². The Kier molecular flexibility index (Phi) is 6.39. The van der Waals surface area contributed by atoms with E-state index >= 15 is 0 Å². The molecule has 4 nitrogen and oxygen atoms in total. The zero-order valence-electron chi connectivity index (χ0n) is 16.9. The summed E-state index contributed by atoms with van der Waals surface area (Å²) in [5.41, 5.74) is 1.71. The van der Waals surface area contributed by atoms with Crippen molar-refractivity contribution in [2.75, 3.05) is 26.2 Å². The first-order valence-electron chi connectivity index (χ1n) is 9.70. The Hall–Kier alpha value is -2.25. The van der Waals surface area contributed by atoms with Crippen LogP contribution >= 0.6 is 0 Å². The highest BCUT2D eigenvalue weighted by Crippen LogP contribution is 2.32. The van der Waals surface area contributed by atoms with Gasteiger partial charge < -0.3 is 14.8 Å². The van der Waals surface area contributed by atoms with Gasteiger partial charge in [0.25, 0.3) is 0 Å². The fourth-order valence-corrected chi connectivity index (χ4v) is 3.48. The first-order chi connectivity index (χ1) is 13.6. The molecule has 0 radical (unpaired) electrons. The average molecular weight is 408 g/mol. The van der Waals surface area contributed by atoms with E-state index in [-0.39, 0.29) is 17.4 Å². The van der Waals surface area contributed by atoms with Crippen molar-refractivity contribution in [1.29, 1.82) is 0 Å². The Balaban J connectivity index is 1.87. The summed E-state index contributed by atoms with van der Waals surface area (Å²) in [4.78, 5) is 2.33. The van der Waals surface area contributed by atoms with Gasteiger partial charge in [0, 0.05) is 26.2 Å². The quantitative estimate of drug-likeness (QED) is 0.774. The van der Waals surface area contributed by atoms with Crippen molar-refractivity contribution in [2.45, 2.75) is 38.8 Å². The van der Waals surface area contributed by atoms with Gasteiger partial charge in [0.05, 0.1) is 6.04 Å². The minimum Gasteiger partial charge on any atom is -0.488 e. The second kappa shape index (κ2) is 8.63. The molecule has 2 aromatic carbocycles. The van der Waals surface area contributed by atoms with E-state index in [0.717, 1.165) is 43.1 Å². The van der Waals surface area contributed by atoms with Crippen molar-refractivity contribution in [2.24, 2.45) is 0 Å². The van der Waals surface area contributed by atoms with Gasteiger partial charge >= 0.3 is 6.36 Å². The zero-order chi connectivity index (χ0) is 21.1. The summed E-state index contributed by atoms with van der Waals surface area (Å²) < 4.78 is 47.3. The van der Waals surface area contributed by atoms with Crippen LogP contribution in [0.25, 0.3) is 0 Å². The van der Waals surface area contributed by atoms with Crippen LogP contribution in [0.2, 0.25) is 0 Å². The summed E-state index contributed by atoms with van der Waals surface area (Å²) in [7, 11) is 0. The van der Waals surface area contributed by atoms with E-state index in [1.165, 1.54) is 12.1 Å². The highest BCUT2D eigenvalue weighted by Gasteiger charge is 2.31. The van der Waals surface area contributed by atoms with E-state index in [1.807, 2.05) is 45.0 Å². The molecule has 3 rings (SSSR count). The number of rotatable bonds is 5. The molecule has 0 amide bonds. The van der Waals surface area contributed by atoms with Gasteiger partial charge in [0.2, 0.25) is 0 Å². The average Bonchev–Trinajstić information content (AvgIpc) is 2.63. The maximum absolute atomic E-state index is 12.5. The fourth-order valence-electron chi connectivity index (χ4n) is 3.48. The van der Waals surface area contributed by atoms with E-state index in [4.69, 9.17) is 4.74 Å². The molecule has 29 heavy (non-hydrogen) atoms. The third-order valence-electron chi connectivity index (χ3n) is 4.57. The molecule has 2 aromatic rings. The Morgan fingerprint density at radius 2 is 1.24 bits per heavy atom. The molecule has 0 aliphatic carbocycles. The third kappa shape index (κ3) is 6.37. The van der Waals surface area contributed by atoms with Crippen molar-refractivity contribution in [3.05, 3.63) is 59.7 Å². The molecule has 0 bridgehead atoms. The van der Waals surface area contributed by atoms with E-state index in [2.05, 4.69) is 15.0 Å². The summed E-state index contributed by atoms with van der Waals surface area (Å²) in [6, 6.07) is 14.0. The Morgan fingerprint density at radius 3 is 1.66 bits per heavy atom. The van der Waals surface area contributed by atoms with Crippen LogP contribution in [-0.2, 0) is 0 Å². The molecule has 1 aliphatic rings. The van der Waals surface area contributed by atoms with Crippen LogP contribution in [0, 0.1) is 0 Å². The van der Waals surface area contributed by atoms with Gasteiger partial charge in [0.15, 0.2) is 0 Å². The summed E-state index contributed by atoms with van der Waals surface area (Å²) in [6.45, 7) is 9.43. The lowest BCUT2D eigenvalue weighted by Gasteiger charge is -2.35. The number of hydrogen-bond acceptors (Lipinski definition) is 4. The van der Waals surface area contributed by atoms with E-state index in [1.54, 1.807) is 12.1 Å². The lowest BCUT2D eigenvalue weighted by Crippen LogP contribution is -2.45.